The van der Waals surface area contributed by atoms with Crippen molar-refractivity contribution in [1.29, 1.82) is 0 Å². The van der Waals surface area contributed by atoms with Crippen molar-refractivity contribution in [1.82, 2.24) is 9.97 Å². The molecule has 1 aromatic carbocycles. The molecule has 2 heterocycles. The number of rotatable bonds is 3. The molecule has 0 spiro atoms. The lowest BCUT2D eigenvalue weighted by molar-refractivity contribution is -0.124. The molecule has 1 amide bonds. The van der Waals surface area contributed by atoms with Gasteiger partial charge in [0.15, 0.2) is 5.82 Å². The van der Waals surface area contributed by atoms with Crippen molar-refractivity contribution in [3.8, 4) is 11.4 Å². The summed E-state index contributed by atoms with van der Waals surface area (Å²) in [6, 6.07) is 7.31. The predicted octanol–water partition coefficient (Wildman–Crippen LogP) is 2.91. The summed E-state index contributed by atoms with van der Waals surface area (Å²) < 4.78 is 5.33. The zero-order valence-electron chi connectivity index (χ0n) is 11.3. The number of anilines is 1. The standard InChI is InChI=1S/C15H14ClN3O2/c16-11-4-1-3-10(7-11)14-17-8-12(9-18-14)19-15(20)13-5-2-6-21-13/h1,3-4,7-9,13H,2,5-6H2,(H,19,20). The molecule has 1 aromatic heterocycles. The number of nitrogens with one attached hydrogen (secondary N) is 1. The van der Waals surface area contributed by atoms with Crippen LogP contribution in [0.4, 0.5) is 5.69 Å². The van der Waals surface area contributed by atoms with E-state index in [2.05, 4.69) is 15.3 Å². The Morgan fingerprint density at radius 1 is 1.33 bits per heavy atom. The Labute approximate surface area is 127 Å². The second-order valence-corrected chi connectivity index (χ2v) is 5.23. The Balaban J connectivity index is 1.70. The van der Waals surface area contributed by atoms with Crippen LogP contribution in [0, 0.1) is 0 Å². The maximum atomic E-state index is 11.9. The van der Waals surface area contributed by atoms with Crippen LogP contribution in [0.2, 0.25) is 5.02 Å². The van der Waals surface area contributed by atoms with Gasteiger partial charge in [-0.25, -0.2) is 9.97 Å². The van der Waals surface area contributed by atoms with Gasteiger partial charge < -0.3 is 10.1 Å². The van der Waals surface area contributed by atoms with Gasteiger partial charge in [0.2, 0.25) is 0 Å². The number of nitrogens with zero attached hydrogens (tertiary/aromatic N) is 2. The monoisotopic (exact) mass is 303 g/mol. The Bertz CT molecular complexity index is 640. The number of carbonyl (C=O) groups excluding carboxylic acids is 1. The minimum atomic E-state index is -0.363. The van der Waals surface area contributed by atoms with E-state index in [-0.39, 0.29) is 12.0 Å². The minimum absolute atomic E-state index is 0.147. The third kappa shape index (κ3) is 3.37. The maximum absolute atomic E-state index is 11.9. The van der Waals surface area contributed by atoms with Crippen molar-refractivity contribution in [2.75, 3.05) is 11.9 Å². The lowest BCUT2D eigenvalue weighted by Gasteiger charge is -2.10. The van der Waals surface area contributed by atoms with E-state index in [1.807, 2.05) is 12.1 Å². The SMILES string of the molecule is O=C(Nc1cnc(-c2cccc(Cl)c2)nc1)C1CCCO1. The third-order valence-electron chi connectivity index (χ3n) is 3.22. The highest BCUT2D eigenvalue weighted by Crippen LogP contribution is 2.20. The average molecular weight is 304 g/mol. The molecule has 108 valence electrons. The van der Waals surface area contributed by atoms with Crippen LogP contribution >= 0.6 is 11.6 Å². The first-order valence-corrected chi connectivity index (χ1v) is 7.10. The first kappa shape index (κ1) is 14.0. The fourth-order valence-electron chi connectivity index (χ4n) is 2.18. The predicted molar refractivity (Wildman–Crippen MR) is 80.1 cm³/mol. The first-order valence-electron chi connectivity index (χ1n) is 6.73. The van der Waals surface area contributed by atoms with E-state index in [1.54, 1.807) is 24.5 Å². The molecule has 21 heavy (non-hydrogen) atoms. The van der Waals surface area contributed by atoms with Gasteiger partial charge in [-0.2, -0.15) is 0 Å². The normalized spacial score (nSPS) is 17.7. The minimum Gasteiger partial charge on any atom is -0.368 e. The molecule has 6 heteroatoms. The first-order chi connectivity index (χ1) is 10.2. The molecule has 0 saturated carbocycles. The van der Waals surface area contributed by atoms with Crippen LogP contribution in [-0.4, -0.2) is 28.6 Å². The summed E-state index contributed by atoms with van der Waals surface area (Å²) in [5.41, 5.74) is 1.39. The fraction of sp³-hybridized carbons (Fsp3) is 0.267. The molecule has 1 atom stereocenters. The van der Waals surface area contributed by atoms with Gasteiger partial charge in [-0.3, -0.25) is 4.79 Å². The van der Waals surface area contributed by atoms with Crippen molar-refractivity contribution in [3.63, 3.8) is 0 Å². The number of hydrogen-bond acceptors (Lipinski definition) is 4. The van der Waals surface area contributed by atoms with Gasteiger partial charge in [-0.1, -0.05) is 23.7 Å². The summed E-state index contributed by atoms with van der Waals surface area (Å²) in [6.07, 6.45) is 4.47. The lowest BCUT2D eigenvalue weighted by atomic mass is 10.2. The molecular weight excluding hydrogens is 290 g/mol. The Morgan fingerprint density at radius 3 is 2.81 bits per heavy atom. The Morgan fingerprint density at radius 2 is 2.14 bits per heavy atom. The number of amides is 1. The van der Waals surface area contributed by atoms with E-state index in [9.17, 15) is 4.79 Å². The quantitative estimate of drug-likeness (QED) is 0.947. The van der Waals surface area contributed by atoms with Crippen LogP contribution in [0.1, 0.15) is 12.8 Å². The molecule has 5 nitrogen and oxygen atoms in total. The molecule has 1 N–H and O–H groups in total. The molecule has 1 unspecified atom stereocenters. The maximum Gasteiger partial charge on any atom is 0.253 e. The van der Waals surface area contributed by atoms with Gasteiger partial charge in [0.1, 0.15) is 6.10 Å². The molecule has 1 saturated heterocycles. The molecule has 1 aliphatic heterocycles. The third-order valence-corrected chi connectivity index (χ3v) is 3.46. The Hall–Kier alpha value is -1.98. The second-order valence-electron chi connectivity index (χ2n) is 4.80. The zero-order chi connectivity index (χ0) is 14.7. The zero-order valence-corrected chi connectivity index (χ0v) is 12.0. The number of halogens is 1. The highest BCUT2D eigenvalue weighted by Gasteiger charge is 2.23. The largest absolute Gasteiger partial charge is 0.368 e. The molecular formula is C15H14ClN3O2. The topological polar surface area (TPSA) is 64.1 Å². The molecule has 0 bridgehead atoms. The van der Waals surface area contributed by atoms with Crippen molar-refractivity contribution in [3.05, 3.63) is 41.7 Å². The molecule has 1 aliphatic rings. The summed E-state index contributed by atoms with van der Waals surface area (Å²) in [5.74, 6) is 0.416. The van der Waals surface area contributed by atoms with Gasteiger partial charge in [0, 0.05) is 17.2 Å². The van der Waals surface area contributed by atoms with Gasteiger partial charge >= 0.3 is 0 Å². The number of carbonyl (C=O) groups is 1. The summed E-state index contributed by atoms with van der Waals surface area (Å²) >= 11 is 5.94. The molecule has 0 aliphatic carbocycles. The molecule has 2 aromatic rings. The number of ether oxygens (including phenoxy) is 1. The van der Waals surface area contributed by atoms with E-state index in [0.29, 0.717) is 23.1 Å². The van der Waals surface area contributed by atoms with Gasteiger partial charge in [-0.15, -0.1) is 0 Å². The van der Waals surface area contributed by atoms with Crippen LogP contribution < -0.4 is 5.32 Å². The van der Waals surface area contributed by atoms with Crippen LogP contribution in [0.5, 0.6) is 0 Å². The second kappa shape index (κ2) is 6.20. The van der Waals surface area contributed by atoms with Crippen molar-refractivity contribution >= 4 is 23.2 Å². The lowest BCUT2D eigenvalue weighted by Crippen LogP contribution is -2.26. The Kier molecular flexibility index (Phi) is 4.13. The van der Waals surface area contributed by atoms with E-state index in [4.69, 9.17) is 16.3 Å². The summed E-state index contributed by atoms with van der Waals surface area (Å²) in [6.45, 7) is 0.641. The van der Waals surface area contributed by atoms with Gasteiger partial charge in [0.05, 0.1) is 18.1 Å². The number of hydrogen-bond donors (Lipinski definition) is 1. The van der Waals surface area contributed by atoms with Crippen molar-refractivity contribution in [2.24, 2.45) is 0 Å². The number of aromatic nitrogens is 2. The van der Waals surface area contributed by atoms with Gasteiger partial charge in [-0.05, 0) is 25.0 Å². The molecule has 3 rings (SSSR count). The van der Waals surface area contributed by atoms with Crippen molar-refractivity contribution < 1.29 is 9.53 Å². The van der Waals surface area contributed by atoms with Crippen molar-refractivity contribution in [2.45, 2.75) is 18.9 Å². The molecule has 1 fully saturated rings. The van der Waals surface area contributed by atoms with E-state index in [1.165, 1.54) is 0 Å². The fourth-order valence-corrected chi connectivity index (χ4v) is 2.37. The highest BCUT2D eigenvalue weighted by atomic mass is 35.5. The van der Waals surface area contributed by atoms with Crippen LogP contribution in [0.3, 0.4) is 0 Å². The number of benzene rings is 1. The summed E-state index contributed by atoms with van der Waals surface area (Å²) in [5, 5.41) is 3.39. The van der Waals surface area contributed by atoms with E-state index in [0.717, 1.165) is 18.4 Å². The van der Waals surface area contributed by atoms with Crippen LogP contribution in [-0.2, 0) is 9.53 Å². The van der Waals surface area contributed by atoms with E-state index < -0.39 is 0 Å². The van der Waals surface area contributed by atoms with Crippen LogP contribution in [0.25, 0.3) is 11.4 Å². The molecule has 0 radical (unpaired) electrons. The highest BCUT2D eigenvalue weighted by molar-refractivity contribution is 6.30. The van der Waals surface area contributed by atoms with Gasteiger partial charge in [0.25, 0.3) is 5.91 Å². The van der Waals surface area contributed by atoms with E-state index >= 15 is 0 Å². The average Bonchev–Trinajstić information content (AvgIpc) is 3.02. The summed E-state index contributed by atoms with van der Waals surface area (Å²) in [4.78, 5) is 20.4. The van der Waals surface area contributed by atoms with Crippen LogP contribution in [0.15, 0.2) is 36.7 Å². The smallest absolute Gasteiger partial charge is 0.253 e. The summed E-state index contributed by atoms with van der Waals surface area (Å²) in [7, 11) is 0.